The molecule has 1 aromatic rings. The smallest absolute Gasteiger partial charge is 0.289 e. The monoisotopic (exact) mass is 257 g/mol. The lowest BCUT2D eigenvalue weighted by molar-refractivity contribution is 0.0729. The summed E-state index contributed by atoms with van der Waals surface area (Å²) in [5.41, 5.74) is 0. The number of alkyl halides is 1. The number of rotatable bonds is 7. The highest BCUT2D eigenvalue weighted by Gasteiger charge is 2.18. The summed E-state index contributed by atoms with van der Waals surface area (Å²) in [6, 6.07) is 3.60. The van der Waals surface area contributed by atoms with Gasteiger partial charge in [-0.25, -0.2) is 0 Å². The van der Waals surface area contributed by atoms with Gasteiger partial charge in [0.2, 0.25) is 0 Å². The summed E-state index contributed by atoms with van der Waals surface area (Å²) in [5.74, 6) is 1.66. The molecule has 0 aliphatic heterocycles. The van der Waals surface area contributed by atoms with Crippen LogP contribution in [0.2, 0.25) is 0 Å². The van der Waals surface area contributed by atoms with Crippen LogP contribution in [0.1, 0.15) is 43.0 Å². The number of amides is 1. The Bertz CT molecular complexity index is 349. The van der Waals surface area contributed by atoms with E-state index in [0.29, 0.717) is 18.2 Å². The van der Waals surface area contributed by atoms with Crippen LogP contribution in [0.15, 0.2) is 16.5 Å². The van der Waals surface area contributed by atoms with E-state index >= 15 is 0 Å². The third-order valence-electron chi connectivity index (χ3n) is 2.64. The molecule has 17 heavy (non-hydrogen) atoms. The van der Waals surface area contributed by atoms with Crippen LogP contribution >= 0.6 is 11.6 Å². The number of furan rings is 1. The molecule has 0 unspecified atom stereocenters. The SMILES string of the molecule is CCCCN(CCCl)C(=O)c1ccc(CC)o1. The molecule has 0 fully saturated rings. The van der Waals surface area contributed by atoms with Crippen LogP contribution in [0.5, 0.6) is 0 Å². The van der Waals surface area contributed by atoms with Gasteiger partial charge in [0, 0.05) is 25.4 Å². The highest BCUT2D eigenvalue weighted by Crippen LogP contribution is 2.12. The average molecular weight is 258 g/mol. The molecule has 0 saturated heterocycles. The van der Waals surface area contributed by atoms with Crippen LogP contribution in [0.4, 0.5) is 0 Å². The number of nitrogens with zero attached hydrogens (tertiary/aromatic N) is 1. The molecule has 0 radical (unpaired) electrons. The first-order chi connectivity index (χ1) is 8.22. The second kappa shape index (κ2) is 7.38. The molecule has 0 saturated carbocycles. The van der Waals surface area contributed by atoms with Crippen LogP contribution in [0.25, 0.3) is 0 Å². The van der Waals surface area contributed by atoms with Crippen LogP contribution in [-0.2, 0) is 6.42 Å². The zero-order chi connectivity index (χ0) is 12.7. The van der Waals surface area contributed by atoms with Gasteiger partial charge >= 0.3 is 0 Å². The Kier molecular flexibility index (Phi) is 6.12. The average Bonchev–Trinajstić information content (AvgIpc) is 2.82. The topological polar surface area (TPSA) is 33.5 Å². The van der Waals surface area contributed by atoms with Gasteiger partial charge in [0.1, 0.15) is 5.76 Å². The lowest BCUT2D eigenvalue weighted by Crippen LogP contribution is -2.33. The van der Waals surface area contributed by atoms with Crippen molar-refractivity contribution in [3.05, 3.63) is 23.7 Å². The molecule has 0 atom stereocenters. The molecule has 4 heteroatoms. The Balaban J connectivity index is 2.68. The summed E-state index contributed by atoms with van der Waals surface area (Å²) in [4.78, 5) is 13.9. The lowest BCUT2D eigenvalue weighted by Gasteiger charge is -2.20. The minimum absolute atomic E-state index is 0.0567. The zero-order valence-electron chi connectivity index (χ0n) is 10.5. The Morgan fingerprint density at radius 1 is 1.35 bits per heavy atom. The van der Waals surface area contributed by atoms with Crippen LogP contribution in [0, 0.1) is 0 Å². The second-order valence-corrected chi connectivity index (χ2v) is 4.33. The van der Waals surface area contributed by atoms with E-state index in [4.69, 9.17) is 16.0 Å². The predicted octanol–water partition coefficient (Wildman–Crippen LogP) is 3.32. The fourth-order valence-corrected chi connectivity index (χ4v) is 1.81. The van der Waals surface area contributed by atoms with Gasteiger partial charge in [0.05, 0.1) is 0 Å². The summed E-state index contributed by atoms with van der Waals surface area (Å²) in [6.07, 6.45) is 2.85. The van der Waals surface area contributed by atoms with E-state index in [9.17, 15) is 4.79 Å². The molecule has 0 aliphatic rings. The normalized spacial score (nSPS) is 10.5. The fraction of sp³-hybridized carbons (Fsp3) is 0.615. The van der Waals surface area contributed by atoms with E-state index in [1.807, 2.05) is 13.0 Å². The molecular weight excluding hydrogens is 238 g/mol. The van der Waals surface area contributed by atoms with Gasteiger partial charge in [-0.3, -0.25) is 4.79 Å². The Hall–Kier alpha value is -0.960. The van der Waals surface area contributed by atoms with Crippen molar-refractivity contribution in [2.75, 3.05) is 19.0 Å². The maximum Gasteiger partial charge on any atom is 0.289 e. The molecule has 1 rings (SSSR count). The van der Waals surface area contributed by atoms with Gasteiger partial charge in [0.25, 0.3) is 5.91 Å². The maximum absolute atomic E-state index is 12.1. The molecule has 1 amide bonds. The van der Waals surface area contributed by atoms with Crippen LogP contribution in [-0.4, -0.2) is 29.8 Å². The molecule has 3 nitrogen and oxygen atoms in total. The Morgan fingerprint density at radius 2 is 2.12 bits per heavy atom. The highest BCUT2D eigenvalue weighted by molar-refractivity contribution is 6.18. The second-order valence-electron chi connectivity index (χ2n) is 3.95. The van der Waals surface area contributed by atoms with E-state index in [-0.39, 0.29) is 5.91 Å². The molecule has 96 valence electrons. The summed E-state index contributed by atoms with van der Waals surface area (Å²) < 4.78 is 5.47. The van der Waals surface area contributed by atoms with Crippen molar-refractivity contribution in [2.24, 2.45) is 0 Å². The molecule has 0 aliphatic carbocycles. The molecule has 0 spiro atoms. The van der Waals surface area contributed by atoms with Crippen molar-refractivity contribution >= 4 is 17.5 Å². The maximum atomic E-state index is 12.1. The first-order valence-corrected chi connectivity index (χ1v) is 6.70. The number of carbonyl (C=O) groups excluding carboxylic acids is 1. The van der Waals surface area contributed by atoms with Gasteiger partial charge in [-0.15, -0.1) is 11.6 Å². The molecule has 0 bridgehead atoms. The van der Waals surface area contributed by atoms with Crippen molar-refractivity contribution in [3.8, 4) is 0 Å². The number of aryl methyl sites for hydroxylation is 1. The highest BCUT2D eigenvalue weighted by atomic mass is 35.5. The zero-order valence-corrected chi connectivity index (χ0v) is 11.3. The predicted molar refractivity (Wildman–Crippen MR) is 69.6 cm³/mol. The summed E-state index contributed by atoms with van der Waals surface area (Å²) >= 11 is 5.71. The summed E-state index contributed by atoms with van der Waals surface area (Å²) in [7, 11) is 0. The Labute approximate surface area is 108 Å². The Morgan fingerprint density at radius 3 is 2.65 bits per heavy atom. The van der Waals surface area contributed by atoms with Crippen molar-refractivity contribution in [3.63, 3.8) is 0 Å². The minimum Gasteiger partial charge on any atom is -0.456 e. The van der Waals surface area contributed by atoms with Crippen molar-refractivity contribution in [1.82, 2.24) is 4.90 Å². The third-order valence-corrected chi connectivity index (χ3v) is 2.81. The third kappa shape index (κ3) is 4.08. The molecule has 0 N–H and O–H groups in total. The summed E-state index contributed by atoms with van der Waals surface area (Å²) in [6.45, 7) is 5.42. The number of hydrogen-bond donors (Lipinski definition) is 0. The lowest BCUT2D eigenvalue weighted by atomic mass is 10.3. The molecule has 1 aromatic heterocycles. The fourth-order valence-electron chi connectivity index (χ4n) is 1.60. The van der Waals surface area contributed by atoms with Gasteiger partial charge < -0.3 is 9.32 Å². The number of unbranched alkanes of at least 4 members (excludes halogenated alkanes) is 1. The number of carbonyl (C=O) groups is 1. The molecule has 0 aromatic carbocycles. The van der Waals surface area contributed by atoms with Gasteiger partial charge in [-0.05, 0) is 18.6 Å². The number of halogens is 1. The van der Waals surface area contributed by atoms with E-state index in [2.05, 4.69) is 6.92 Å². The van der Waals surface area contributed by atoms with Crippen molar-refractivity contribution in [1.29, 1.82) is 0 Å². The van der Waals surface area contributed by atoms with Crippen molar-refractivity contribution in [2.45, 2.75) is 33.1 Å². The number of hydrogen-bond acceptors (Lipinski definition) is 2. The standard InChI is InChI=1S/C13H20ClNO2/c1-3-5-9-15(10-8-14)13(16)12-7-6-11(4-2)17-12/h6-7H,3-5,8-10H2,1-2H3. The minimum atomic E-state index is -0.0567. The first kappa shape index (κ1) is 14.1. The quantitative estimate of drug-likeness (QED) is 0.702. The van der Waals surface area contributed by atoms with E-state index in [0.717, 1.165) is 31.6 Å². The van der Waals surface area contributed by atoms with Gasteiger partial charge in [0.15, 0.2) is 5.76 Å². The van der Waals surface area contributed by atoms with E-state index < -0.39 is 0 Å². The van der Waals surface area contributed by atoms with Crippen LogP contribution < -0.4 is 0 Å². The summed E-state index contributed by atoms with van der Waals surface area (Å²) in [5, 5.41) is 0. The van der Waals surface area contributed by atoms with Crippen LogP contribution in [0.3, 0.4) is 0 Å². The first-order valence-electron chi connectivity index (χ1n) is 6.16. The van der Waals surface area contributed by atoms with E-state index in [1.54, 1.807) is 11.0 Å². The van der Waals surface area contributed by atoms with Crippen molar-refractivity contribution < 1.29 is 9.21 Å². The van der Waals surface area contributed by atoms with E-state index in [1.165, 1.54) is 0 Å². The van der Waals surface area contributed by atoms with Gasteiger partial charge in [-0.1, -0.05) is 20.3 Å². The van der Waals surface area contributed by atoms with Gasteiger partial charge in [-0.2, -0.15) is 0 Å². The molecular formula is C13H20ClNO2. The largest absolute Gasteiger partial charge is 0.456 e. The molecule has 1 heterocycles.